The van der Waals surface area contributed by atoms with Crippen molar-refractivity contribution in [1.29, 1.82) is 0 Å². The highest BCUT2D eigenvalue weighted by Crippen LogP contribution is 2.34. The van der Waals surface area contributed by atoms with Gasteiger partial charge in [0.2, 0.25) is 0 Å². The maximum atomic E-state index is 12.1. The van der Waals surface area contributed by atoms with Crippen LogP contribution in [0.4, 0.5) is 0 Å². The predicted molar refractivity (Wildman–Crippen MR) is 117 cm³/mol. The minimum Gasteiger partial charge on any atom is -0.481 e. The van der Waals surface area contributed by atoms with Crippen LogP contribution in [0.3, 0.4) is 0 Å². The molecule has 2 heterocycles. The van der Waals surface area contributed by atoms with Gasteiger partial charge in [-0.1, -0.05) is 30.3 Å². The van der Waals surface area contributed by atoms with Gasteiger partial charge in [0.05, 0.1) is 6.42 Å². The Morgan fingerprint density at radius 3 is 2.52 bits per heavy atom. The molecule has 0 saturated heterocycles. The normalized spacial score (nSPS) is 12.7. The van der Waals surface area contributed by atoms with Crippen molar-refractivity contribution >= 4 is 28.7 Å². The van der Waals surface area contributed by atoms with E-state index in [1.807, 2.05) is 30.3 Å². The van der Waals surface area contributed by atoms with Gasteiger partial charge in [-0.15, -0.1) is 0 Å². The van der Waals surface area contributed by atoms with E-state index in [9.17, 15) is 24.6 Å². The number of ether oxygens (including phenoxy) is 1. The molecule has 33 heavy (non-hydrogen) atoms. The van der Waals surface area contributed by atoms with Crippen LogP contribution in [0.5, 0.6) is 5.75 Å². The van der Waals surface area contributed by atoms with Crippen molar-refractivity contribution in [3.8, 4) is 5.75 Å². The van der Waals surface area contributed by atoms with E-state index in [2.05, 4.69) is 20.3 Å². The summed E-state index contributed by atoms with van der Waals surface area (Å²) in [4.78, 5) is 44.7. The van der Waals surface area contributed by atoms with Crippen LogP contribution >= 0.6 is 0 Å². The zero-order valence-corrected chi connectivity index (χ0v) is 17.2. The number of hydrogen-bond donors (Lipinski definition) is 5. The quantitative estimate of drug-likeness (QED) is 0.246. The van der Waals surface area contributed by atoms with Gasteiger partial charge in [-0.05, 0) is 23.3 Å². The van der Waals surface area contributed by atoms with Crippen LogP contribution in [-0.2, 0) is 9.59 Å². The smallest absolute Gasteiger partial charge is 0.366 e. The fourth-order valence-electron chi connectivity index (χ4n) is 3.61. The number of amides is 1. The lowest BCUT2D eigenvalue weighted by molar-refractivity contribution is -0.146. The highest BCUT2D eigenvalue weighted by atomic mass is 16.5. The summed E-state index contributed by atoms with van der Waals surface area (Å²) in [6.07, 6.45) is 2.82. The first-order valence-electron chi connectivity index (χ1n) is 10.00. The van der Waals surface area contributed by atoms with E-state index in [1.165, 1.54) is 12.4 Å². The van der Waals surface area contributed by atoms with Crippen molar-refractivity contribution in [2.24, 2.45) is 0 Å². The first-order valence-corrected chi connectivity index (χ1v) is 10.00. The van der Waals surface area contributed by atoms with E-state index in [-0.39, 0.29) is 23.9 Å². The van der Waals surface area contributed by atoms with E-state index < -0.39 is 24.1 Å². The van der Waals surface area contributed by atoms with Crippen LogP contribution in [0.25, 0.3) is 10.9 Å². The Labute approximate surface area is 187 Å². The minimum atomic E-state index is -1.64. The number of aromatic nitrogens is 3. The summed E-state index contributed by atoms with van der Waals surface area (Å²) < 4.78 is 5.48. The van der Waals surface area contributed by atoms with Gasteiger partial charge in [-0.3, -0.25) is 9.59 Å². The summed E-state index contributed by atoms with van der Waals surface area (Å²) >= 11 is 0. The molecule has 0 bridgehead atoms. The fourth-order valence-corrected chi connectivity index (χ4v) is 3.61. The van der Waals surface area contributed by atoms with E-state index in [0.29, 0.717) is 5.52 Å². The standard InChI is InChI=1S/C23H20N4O6/c28-19(29)11-16(13-4-2-1-3-5-13)17-12-26-18-10-14(6-7-15(17)18)33-22(23(31)32)27-21(30)20-24-8-9-25-20/h1-10,12,16,22,26H,11H2,(H,24,25)(H,27,30)(H,28,29)(H,31,32). The second-order valence-corrected chi connectivity index (χ2v) is 7.26. The number of aliphatic carboxylic acids is 2. The number of carboxylic acids is 2. The lowest BCUT2D eigenvalue weighted by Crippen LogP contribution is -2.45. The van der Waals surface area contributed by atoms with Gasteiger partial charge in [0.1, 0.15) is 5.75 Å². The summed E-state index contributed by atoms with van der Waals surface area (Å²) in [7, 11) is 0. The Hall–Kier alpha value is -4.60. The summed E-state index contributed by atoms with van der Waals surface area (Å²) in [6.45, 7) is 0. The number of carbonyl (C=O) groups is 3. The number of rotatable bonds is 9. The van der Waals surface area contributed by atoms with E-state index in [0.717, 1.165) is 16.5 Å². The van der Waals surface area contributed by atoms with Crippen molar-refractivity contribution in [2.45, 2.75) is 18.6 Å². The monoisotopic (exact) mass is 448 g/mol. The van der Waals surface area contributed by atoms with Crippen LogP contribution in [0, 0.1) is 0 Å². The van der Waals surface area contributed by atoms with Gasteiger partial charge in [0.25, 0.3) is 12.1 Å². The van der Waals surface area contributed by atoms with Gasteiger partial charge in [0, 0.05) is 41.5 Å². The predicted octanol–water partition coefficient (Wildman–Crippen LogP) is 2.72. The number of aromatic amines is 2. The largest absolute Gasteiger partial charge is 0.481 e. The third-order valence-corrected chi connectivity index (χ3v) is 5.10. The molecule has 4 aromatic rings. The van der Waals surface area contributed by atoms with Crippen molar-refractivity contribution in [3.05, 3.63) is 84.1 Å². The molecular weight excluding hydrogens is 428 g/mol. The van der Waals surface area contributed by atoms with Crippen molar-refractivity contribution in [3.63, 3.8) is 0 Å². The highest BCUT2D eigenvalue weighted by molar-refractivity contribution is 5.93. The van der Waals surface area contributed by atoms with E-state index in [4.69, 9.17) is 4.74 Å². The Kier molecular flexibility index (Phi) is 6.07. The van der Waals surface area contributed by atoms with Crippen molar-refractivity contribution in [1.82, 2.24) is 20.3 Å². The number of fused-ring (bicyclic) bond motifs is 1. The van der Waals surface area contributed by atoms with Crippen LogP contribution in [0.2, 0.25) is 0 Å². The zero-order valence-electron chi connectivity index (χ0n) is 17.2. The molecule has 10 heteroatoms. The molecule has 0 fully saturated rings. The third-order valence-electron chi connectivity index (χ3n) is 5.10. The van der Waals surface area contributed by atoms with E-state index >= 15 is 0 Å². The zero-order chi connectivity index (χ0) is 23.4. The molecule has 2 atom stereocenters. The maximum absolute atomic E-state index is 12.1. The Balaban J connectivity index is 1.59. The highest BCUT2D eigenvalue weighted by Gasteiger charge is 2.25. The number of nitrogens with zero attached hydrogens (tertiary/aromatic N) is 1. The summed E-state index contributed by atoms with van der Waals surface area (Å²) in [6, 6.07) is 14.2. The molecule has 0 aliphatic carbocycles. The third kappa shape index (κ3) is 4.85. The van der Waals surface area contributed by atoms with Gasteiger partial charge in [-0.2, -0.15) is 0 Å². The molecule has 0 aliphatic heterocycles. The van der Waals surface area contributed by atoms with Crippen molar-refractivity contribution < 1.29 is 29.3 Å². The number of carboxylic acid groups (broad SMARTS) is 2. The first kappa shape index (κ1) is 21.6. The summed E-state index contributed by atoms with van der Waals surface area (Å²) in [5.41, 5.74) is 2.30. The minimum absolute atomic E-state index is 0.0419. The molecule has 4 rings (SSSR count). The molecule has 168 valence electrons. The van der Waals surface area contributed by atoms with Gasteiger partial charge < -0.3 is 30.2 Å². The summed E-state index contributed by atoms with van der Waals surface area (Å²) in [5.74, 6) is -3.24. The summed E-state index contributed by atoms with van der Waals surface area (Å²) in [5, 5.41) is 21.9. The van der Waals surface area contributed by atoms with Crippen LogP contribution in [0.1, 0.15) is 34.1 Å². The van der Waals surface area contributed by atoms with Gasteiger partial charge >= 0.3 is 11.9 Å². The Bertz CT molecular complexity index is 1280. The average molecular weight is 448 g/mol. The maximum Gasteiger partial charge on any atom is 0.366 e. The molecule has 0 radical (unpaired) electrons. The first-order chi connectivity index (χ1) is 15.9. The topological polar surface area (TPSA) is 157 Å². The number of H-pyrrole nitrogens is 2. The van der Waals surface area contributed by atoms with Crippen LogP contribution in [-0.4, -0.2) is 49.2 Å². The second kappa shape index (κ2) is 9.27. The van der Waals surface area contributed by atoms with Crippen LogP contribution in [0.15, 0.2) is 67.1 Å². The molecule has 2 unspecified atom stereocenters. The molecule has 0 aliphatic rings. The molecule has 2 aromatic carbocycles. The lowest BCUT2D eigenvalue weighted by atomic mass is 9.88. The van der Waals surface area contributed by atoms with Gasteiger partial charge in [-0.25, -0.2) is 9.78 Å². The van der Waals surface area contributed by atoms with Gasteiger partial charge in [0.15, 0.2) is 5.82 Å². The van der Waals surface area contributed by atoms with Crippen molar-refractivity contribution in [2.75, 3.05) is 0 Å². The molecule has 0 saturated carbocycles. The fraction of sp³-hybridized carbons (Fsp3) is 0.130. The average Bonchev–Trinajstić information content (AvgIpc) is 3.47. The van der Waals surface area contributed by atoms with E-state index in [1.54, 1.807) is 24.4 Å². The molecule has 1 amide bonds. The molecule has 2 aromatic heterocycles. The molecule has 0 spiro atoms. The Morgan fingerprint density at radius 1 is 1.06 bits per heavy atom. The lowest BCUT2D eigenvalue weighted by Gasteiger charge is -2.17. The molecular formula is C23H20N4O6. The number of imidazole rings is 1. The number of hydrogen-bond acceptors (Lipinski definition) is 5. The van der Waals surface area contributed by atoms with Crippen LogP contribution < -0.4 is 10.1 Å². The number of carbonyl (C=O) groups excluding carboxylic acids is 1. The number of benzene rings is 2. The number of nitrogens with one attached hydrogen (secondary N) is 3. The SMILES string of the molecule is O=C(O)CC(c1ccccc1)c1c[nH]c2cc(OC(NC(=O)c3ncc[nH]3)C(=O)O)ccc12. The molecule has 5 N–H and O–H groups in total. The second-order valence-electron chi connectivity index (χ2n) is 7.26. The Morgan fingerprint density at radius 2 is 1.85 bits per heavy atom. The molecule has 10 nitrogen and oxygen atoms in total.